The Hall–Kier alpha value is -2.82. The van der Waals surface area contributed by atoms with Gasteiger partial charge in [-0.15, -0.1) is 0 Å². The van der Waals surface area contributed by atoms with Crippen molar-refractivity contribution in [1.82, 2.24) is 5.32 Å². The van der Waals surface area contributed by atoms with Gasteiger partial charge in [0, 0.05) is 37.9 Å². The first-order valence-corrected chi connectivity index (χ1v) is 10.6. The number of carbonyl (C=O) groups is 2. The zero-order valence-electron chi connectivity index (χ0n) is 17.3. The summed E-state index contributed by atoms with van der Waals surface area (Å²) in [6, 6.07) is 18.2. The summed E-state index contributed by atoms with van der Waals surface area (Å²) >= 11 is 0. The Labute approximate surface area is 173 Å². The van der Waals surface area contributed by atoms with Crippen molar-refractivity contribution in [3.05, 3.63) is 60.2 Å². The van der Waals surface area contributed by atoms with E-state index in [0.717, 1.165) is 31.6 Å². The highest BCUT2D eigenvalue weighted by atomic mass is 16.2. The van der Waals surface area contributed by atoms with Gasteiger partial charge >= 0.3 is 0 Å². The largest absolute Gasteiger partial charge is 0.372 e. The van der Waals surface area contributed by atoms with Crippen LogP contribution in [0.1, 0.15) is 38.2 Å². The smallest absolute Gasteiger partial charge is 0.240 e. The quantitative estimate of drug-likeness (QED) is 0.695. The maximum Gasteiger partial charge on any atom is 0.240 e. The Morgan fingerprint density at radius 2 is 1.66 bits per heavy atom. The summed E-state index contributed by atoms with van der Waals surface area (Å²) in [7, 11) is 0. The molecule has 2 aromatic carbocycles. The van der Waals surface area contributed by atoms with Crippen molar-refractivity contribution in [2.24, 2.45) is 0 Å². The van der Waals surface area contributed by atoms with E-state index in [-0.39, 0.29) is 18.4 Å². The third-order valence-corrected chi connectivity index (χ3v) is 5.37. The molecule has 1 fully saturated rings. The summed E-state index contributed by atoms with van der Waals surface area (Å²) in [5.74, 6) is -0.261. The molecule has 0 saturated carbocycles. The van der Waals surface area contributed by atoms with Crippen LogP contribution in [0.15, 0.2) is 54.6 Å². The number of nitrogens with one attached hydrogen (secondary N) is 1. The lowest BCUT2D eigenvalue weighted by Gasteiger charge is -2.29. The highest BCUT2D eigenvalue weighted by Gasteiger charge is 2.17. The van der Waals surface area contributed by atoms with E-state index in [0.29, 0.717) is 6.54 Å². The number of piperidine rings is 1. The first-order chi connectivity index (χ1) is 14.1. The number of benzene rings is 2. The molecule has 1 saturated heterocycles. The number of hydrogen-bond donors (Lipinski definition) is 1. The van der Waals surface area contributed by atoms with E-state index in [2.05, 4.69) is 22.3 Å². The van der Waals surface area contributed by atoms with Crippen LogP contribution in [0.5, 0.6) is 0 Å². The predicted molar refractivity (Wildman–Crippen MR) is 118 cm³/mol. The van der Waals surface area contributed by atoms with Crippen LogP contribution in [-0.2, 0) is 16.0 Å². The molecule has 1 aliphatic rings. The van der Waals surface area contributed by atoms with Gasteiger partial charge in [-0.2, -0.15) is 0 Å². The van der Waals surface area contributed by atoms with Crippen molar-refractivity contribution in [2.45, 2.75) is 39.0 Å². The number of amides is 2. The predicted octanol–water partition coefficient (Wildman–Crippen LogP) is 3.78. The molecule has 0 spiro atoms. The number of nitrogens with zero attached hydrogens (tertiary/aromatic N) is 2. The Bertz CT molecular complexity index is 784. The van der Waals surface area contributed by atoms with E-state index in [1.807, 2.05) is 42.5 Å². The van der Waals surface area contributed by atoms with Crippen molar-refractivity contribution in [2.75, 3.05) is 36.0 Å². The standard InChI is InChI=1S/C24H31N3O2/c1-20(28)27(19-24(29)25-16-8-11-21-9-4-2-5-10-21)23-14-12-22(13-15-23)26-17-6-3-7-18-26/h2,4-5,9-10,12-15H,3,6-8,11,16-19H2,1H3,(H,25,29). The lowest BCUT2D eigenvalue weighted by Crippen LogP contribution is -2.40. The van der Waals surface area contributed by atoms with Gasteiger partial charge in [0.05, 0.1) is 0 Å². The Balaban J connectivity index is 1.49. The molecule has 2 aromatic rings. The monoisotopic (exact) mass is 393 g/mol. The molecule has 5 heteroatoms. The SMILES string of the molecule is CC(=O)N(CC(=O)NCCCc1ccccc1)c1ccc(N2CCCCC2)cc1. The average Bonchev–Trinajstić information content (AvgIpc) is 2.76. The van der Waals surface area contributed by atoms with Gasteiger partial charge in [0.25, 0.3) is 0 Å². The van der Waals surface area contributed by atoms with Crippen LogP contribution in [0.25, 0.3) is 0 Å². The van der Waals surface area contributed by atoms with Gasteiger partial charge < -0.3 is 15.1 Å². The lowest BCUT2D eigenvalue weighted by atomic mass is 10.1. The van der Waals surface area contributed by atoms with Gasteiger partial charge in [-0.3, -0.25) is 9.59 Å². The number of anilines is 2. The van der Waals surface area contributed by atoms with Crippen molar-refractivity contribution in [3.63, 3.8) is 0 Å². The van der Waals surface area contributed by atoms with Crippen LogP contribution in [0.2, 0.25) is 0 Å². The molecule has 29 heavy (non-hydrogen) atoms. The molecule has 154 valence electrons. The Morgan fingerprint density at radius 1 is 0.966 bits per heavy atom. The summed E-state index contributed by atoms with van der Waals surface area (Å²) in [6.07, 6.45) is 5.56. The fourth-order valence-corrected chi connectivity index (χ4v) is 3.74. The van der Waals surface area contributed by atoms with Gasteiger partial charge in [0.2, 0.25) is 11.8 Å². The van der Waals surface area contributed by atoms with Crippen LogP contribution >= 0.6 is 0 Å². The van der Waals surface area contributed by atoms with Crippen LogP contribution in [0.3, 0.4) is 0 Å². The molecule has 0 atom stereocenters. The average molecular weight is 394 g/mol. The summed E-state index contributed by atoms with van der Waals surface area (Å²) in [4.78, 5) is 28.4. The van der Waals surface area contributed by atoms with Crippen molar-refractivity contribution in [1.29, 1.82) is 0 Å². The van der Waals surface area contributed by atoms with Crippen molar-refractivity contribution < 1.29 is 9.59 Å². The molecular weight excluding hydrogens is 362 g/mol. The van der Waals surface area contributed by atoms with Crippen LogP contribution in [0, 0.1) is 0 Å². The van der Waals surface area contributed by atoms with E-state index in [4.69, 9.17) is 0 Å². The molecule has 1 aliphatic heterocycles. The molecule has 0 aliphatic carbocycles. The van der Waals surface area contributed by atoms with E-state index in [9.17, 15) is 9.59 Å². The first kappa shape index (κ1) is 20.9. The topological polar surface area (TPSA) is 52.7 Å². The fourth-order valence-electron chi connectivity index (χ4n) is 3.74. The maximum atomic E-state index is 12.3. The zero-order chi connectivity index (χ0) is 20.5. The second-order valence-corrected chi connectivity index (χ2v) is 7.61. The van der Waals surface area contributed by atoms with Gasteiger partial charge in [-0.05, 0) is 61.9 Å². The first-order valence-electron chi connectivity index (χ1n) is 10.6. The number of aryl methyl sites for hydroxylation is 1. The Kier molecular flexibility index (Phi) is 7.68. The van der Waals surface area contributed by atoms with Crippen LogP contribution in [0.4, 0.5) is 11.4 Å². The van der Waals surface area contributed by atoms with Crippen LogP contribution < -0.4 is 15.1 Å². The third-order valence-electron chi connectivity index (χ3n) is 5.37. The molecule has 0 aromatic heterocycles. The molecule has 5 nitrogen and oxygen atoms in total. The summed E-state index contributed by atoms with van der Waals surface area (Å²) in [5.41, 5.74) is 3.21. The van der Waals surface area contributed by atoms with E-state index in [1.54, 1.807) is 0 Å². The van der Waals surface area contributed by atoms with E-state index >= 15 is 0 Å². The highest BCUT2D eigenvalue weighted by Crippen LogP contribution is 2.23. The molecular formula is C24H31N3O2. The zero-order valence-corrected chi connectivity index (χ0v) is 17.3. The van der Waals surface area contributed by atoms with E-state index in [1.165, 1.54) is 42.3 Å². The molecule has 0 unspecified atom stereocenters. The fraction of sp³-hybridized carbons (Fsp3) is 0.417. The minimum atomic E-state index is -0.131. The molecule has 0 bridgehead atoms. The summed E-state index contributed by atoms with van der Waals surface area (Å²) < 4.78 is 0. The summed E-state index contributed by atoms with van der Waals surface area (Å²) in [6.45, 7) is 4.32. The second kappa shape index (κ2) is 10.6. The minimum Gasteiger partial charge on any atom is -0.372 e. The van der Waals surface area contributed by atoms with Crippen molar-refractivity contribution in [3.8, 4) is 0 Å². The molecule has 3 rings (SSSR count). The van der Waals surface area contributed by atoms with E-state index < -0.39 is 0 Å². The Morgan fingerprint density at radius 3 is 2.31 bits per heavy atom. The molecule has 2 amide bonds. The molecule has 1 N–H and O–H groups in total. The third kappa shape index (κ3) is 6.34. The van der Waals surface area contributed by atoms with Crippen LogP contribution in [-0.4, -0.2) is 38.0 Å². The van der Waals surface area contributed by atoms with Crippen molar-refractivity contribution >= 4 is 23.2 Å². The second-order valence-electron chi connectivity index (χ2n) is 7.61. The number of rotatable bonds is 8. The highest BCUT2D eigenvalue weighted by molar-refractivity contribution is 5.97. The van der Waals surface area contributed by atoms with Gasteiger partial charge in [-0.1, -0.05) is 30.3 Å². The minimum absolute atomic E-state index is 0.0454. The van der Waals surface area contributed by atoms with Gasteiger partial charge in [0.1, 0.15) is 6.54 Å². The summed E-state index contributed by atoms with van der Waals surface area (Å²) in [5, 5.41) is 2.93. The molecule has 1 heterocycles. The number of carbonyl (C=O) groups excluding carboxylic acids is 2. The lowest BCUT2D eigenvalue weighted by molar-refractivity contribution is -0.123. The van der Waals surface area contributed by atoms with Gasteiger partial charge in [-0.25, -0.2) is 0 Å². The molecule has 0 radical (unpaired) electrons. The maximum absolute atomic E-state index is 12.3. The normalized spacial score (nSPS) is 13.8. The van der Waals surface area contributed by atoms with Gasteiger partial charge in [0.15, 0.2) is 0 Å². The number of hydrogen-bond acceptors (Lipinski definition) is 3.